The zero-order chi connectivity index (χ0) is 33.6. The van der Waals surface area contributed by atoms with Gasteiger partial charge in [-0.15, -0.1) is 0 Å². The van der Waals surface area contributed by atoms with Gasteiger partial charge in [-0.1, -0.05) is 77.5 Å². The zero-order valence-electron chi connectivity index (χ0n) is 26.7. The van der Waals surface area contributed by atoms with Crippen LogP contribution in [0.1, 0.15) is 43.5 Å². The van der Waals surface area contributed by atoms with E-state index >= 15 is 0 Å². The highest BCUT2D eigenvalue weighted by atomic mass is 35.5. The van der Waals surface area contributed by atoms with E-state index in [0.29, 0.717) is 61.8 Å². The first-order valence-electron chi connectivity index (χ1n) is 15.6. The van der Waals surface area contributed by atoms with E-state index in [1.54, 1.807) is 11.5 Å². The molecule has 10 heteroatoms. The molecule has 1 aliphatic rings. The summed E-state index contributed by atoms with van der Waals surface area (Å²) >= 11 is 7.59. The van der Waals surface area contributed by atoms with E-state index < -0.39 is 6.04 Å². The molecule has 8 nitrogen and oxygen atoms in total. The van der Waals surface area contributed by atoms with Gasteiger partial charge in [-0.05, 0) is 80.4 Å². The number of para-hydroxylation sites is 1. The predicted octanol–water partition coefficient (Wildman–Crippen LogP) is 6.90. The van der Waals surface area contributed by atoms with E-state index in [9.17, 15) is 9.59 Å². The molecule has 0 bridgehead atoms. The number of nitrogens with zero attached hydrogens (tertiary/aromatic N) is 2. The van der Waals surface area contributed by atoms with E-state index in [2.05, 4.69) is 5.32 Å². The number of ether oxygens (including phenoxy) is 3. The molecule has 5 aromatic rings. The molecule has 0 unspecified atom stereocenters. The number of hydrogen-bond acceptors (Lipinski definition) is 7. The molecule has 1 aromatic heterocycles. The van der Waals surface area contributed by atoms with Crippen LogP contribution in [0.15, 0.2) is 118 Å². The van der Waals surface area contributed by atoms with Crippen molar-refractivity contribution in [3.8, 4) is 17.2 Å². The van der Waals surface area contributed by atoms with Crippen LogP contribution in [0.4, 0.5) is 5.69 Å². The molecule has 1 N–H and O–H groups in total. The van der Waals surface area contributed by atoms with E-state index in [1.165, 1.54) is 11.3 Å². The molecule has 0 saturated heterocycles. The van der Waals surface area contributed by atoms with Crippen molar-refractivity contribution < 1.29 is 19.0 Å². The summed E-state index contributed by atoms with van der Waals surface area (Å²) in [6, 6.07) is 29.0. The average Bonchev–Trinajstić information content (AvgIpc) is 3.39. The van der Waals surface area contributed by atoms with E-state index in [0.717, 1.165) is 16.7 Å². The molecule has 0 spiro atoms. The van der Waals surface area contributed by atoms with Crippen LogP contribution in [-0.4, -0.2) is 23.7 Å². The summed E-state index contributed by atoms with van der Waals surface area (Å²) in [5.41, 5.74) is 3.69. The van der Waals surface area contributed by atoms with Crippen molar-refractivity contribution in [2.24, 2.45) is 4.99 Å². The number of carbonyl (C=O) groups is 1. The number of aromatic nitrogens is 1. The third-order valence-electron chi connectivity index (χ3n) is 7.71. The molecular weight excluding hydrogens is 646 g/mol. The van der Waals surface area contributed by atoms with Crippen molar-refractivity contribution in [1.82, 2.24) is 4.57 Å². The van der Waals surface area contributed by atoms with Crippen LogP contribution in [-0.2, 0) is 11.4 Å². The number of allylic oxidation sites excluding steroid dienone is 1. The molecule has 1 amide bonds. The SMILES string of the molecule is CCOc1ccc([C@H]2C(C(=O)Nc3ccccc3)=C(C)N=c3s/c(=C\c4ccc(OCc5ccccc5Cl)c(OCC)c4)c(=O)n32)cc1. The highest BCUT2D eigenvalue weighted by Gasteiger charge is 2.32. The minimum atomic E-state index is -0.706. The fraction of sp³-hybridized carbons (Fsp3) is 0.184. The van der Waals surface area contributed by atoms with Gasteiger partial charge < -0.3 is 19.5 Å². The number of nitrogens with one attached hydrogen (secondary N) is 1. The molecule has 2 heterocycles. The van der Waals surface area contributed by atoms with E-state index in [1.807, 2.05) is 117 Å². The smallest absolute Gasteiger partial charge is 0.271 e. The summed E-state index contributed by atoms with van der Waals surface area (Å²) in [5.74, 6) is 1.49. The van der Waals surface area contributed by atoms with E-state index in [4.69, 9.17) is 30.8 Å². The molecule has 0 fully saturated rings. The molecule has 48 heavy (non-hydrogen) atoms. The number of benzene rings is 4. The molecule has 0 aliphatic carbocycles. The van der Waals surface area contributed by atoms with Gasteiger partial charge in [-0.25, -0.2) is 4.99 Å². The number of rotatable bonds is 11. The van der Waals surface area contributed by atoms with Gasteiger partial charge >= 0.3 is 0 Å². The summed E-state index contributed by atoms with van der Waals surface area (Å²) in [4.78, 5) is 33.3. The first-order chi connectivity index (χ1) is 23.4. The summed E-state index contributed by atoms with van der Waals surface area (Å²) in [6.07, 6.45) is 1.81. The average molecular weight is 680 g/mol. The van der Waals surface area contributed by atoms with Crippen LogP contribution in [0.2, 0.25) is 5.02 Å². The van der Waals surface area contributed by atoms with Crippen LogP contribution < -0.4 is 34.4 Å². The monoisotopic (exact) mass is 679 g/mol. The van der Waals surface area contributed by atoms with Crippen molar-refractivity contribution in [2.75, 3.05) is 18.5 Å². The van der Waals surface area contributed by atoms with Crippen molar-refractivity contribution >= 4 is 40.6 Å². The fourth-order valence-corrected chi connectivity index (χ4v) is 6.72. The highest BCUT2D eigenvalue weighted by molar-refractivity contribution is 7.07. The Morgan fingerprint density at radius 3 is 2.38 bits per heavy atom. The first-order valence-corrected chi connectivity index (χ1v) is 16.8. The van der Waals surface area contributed by atoms with Crippen molar-refractivity contribution in [1.29, 1.82) is 0 Å². The van der Waals surface area contributed by atoms with Crippen LogP contribution in [0.25, 0.3) is 6.08 Å². The standard InChI is InChI=1S/C38H34ClN3O5S/c1-4-45-29-18-16-26(17-19-29)35-34(36(43)41-28-12-7-6-8-13-28)24(3)40-38-42(35)37(44)33(48-38)22-25-15-20-31(32(21-25)46-5-2)47-23-27-11-9-10-14-30(27)39/h6-22,35H,4-5,23H2,1-3H3,(H,41,43)/b33-22-/t35-/m0/s1. The highest BCUT2D eigenvalue weighted by Crippen LogP contribution is 2.33. The molecule has 6 rings (SSSR count). The normalized spacial score (nSPS) is 14.2. The number of hydrogen-bond donors (Lipinski definition) is 1. The second kappa shape index (κ2) is 14.8. The van der Waals surface area contributed by atoms with Crippen molar-refractivity contribution in [3.05, 3.63) is 150 Å². The second-order valence-corrected chi connectivity index (χ2v) is 12.3. The third kappa shape index (κ3) is 7.07. The number of carbonyl (C=O) groups excluding carboxylic acids is 1. The Morgan fingerprint density at radius 2 is 1.65 bits per heavy atom. The Labute approximate surface area is 287 Å². The molecule has 4 aromatic carbocycles. The topological polar surface area (TPSA) is 91.2 Å². The van der Waals surface area contributed by atoms with Crippen LogP contribution >= 0.6 is 22.9 Å². The number of fused-ring (bicyclic) bond motifs is 1. The Kier molecular flexibility index (Phi) is 10.1. The van der Waals surface area contributed by atoms with E-state index in [-0.39, 0.29) is 18.1 Å². The molecular formula is C38H34ClN3O5S. The van der Waals surface area contributed by atoms with Gasteiger partial charge in [0.1, 0.15) is 12.4 Å². The molecule has 1 atom stereocenters. The van der Waals surface area contributed by atoms with Crippen LogP contribution in [0.5, 0.6) is 17.2 Å². The minimum Gasteiger partial charge on any atom is -0.494 e. The summed E-state index contributed by atoms with van der Waals surface area (Å²) in [5, 5.41) is 3.61. The molecule has 1 aliphatic heterocycles. The third-order valence-corrected chi connectivity index (χ3v) is 9.06. The van der Waals surface area contributed by atoms with Gasteiger partial charge in [0.2, 0.25) is 0 Å². The van der Waals surface area contributed by atoms with Crippen LogP contribution in [0.3, 0.4) is 0 Å². The summed E-state index contributed by atoms with van der Waals surface area (Å²) < 4.78 is 19.7. The summed E-state index contributed by atoms with van der Waals surface area (Å²) in [6.45, 7) is 6.86. The Bertz CT molecular complexity index is 2160. The maximum Gasteiger partial charge on any atom is 0.271 e. The van der Waals surface area contributed by atoms with Gasteiger partial charge in [-0.3, -0.25) is 14.2 Å². The molecule has 244 valence electrons. The quantitative estimate of drug-likeness (QED) is 0.164. The Hall–Kier alpha value is -5.12. The van der Waals surface area contributed by atoms with Crippen molar-refractivity contribution in [3.63, 3.8) is 0 Å². The number of anilines is 1. The molecule has 0 radical (unpaired) electrons. The second-order valence-electron chi connectivity index (χ2n) is 10.9. The number of halogens is 1. The largest absolute Gasteiger partial charge is 0.494 e. The molecule has 0 saturated carbocycles. The maximum atomic E-state index is 14.2. The lowest BCUT2D eigenvalue weighted by Crippen LogP contribution is -2.40. The lowest BCUT2D eigenvalue weighted by atomic mass is 9.95. The Morgan fingerprint density at radius 1 is 0.917 bits per heavy atom. The predicted molar refractivity (Wildman–Crippen MR) is 190 cm³/mol. The minimum absolute atomic E-state index is 0.257. The van der Waals surface area contributed by atoms with Crippen LogP contribution in [0, 0.1) is 0 Å². The fourth-order valence-electron chi connectivity index (χ4n) is 5.48. The lowest BCUT2D eigenvalue weighted by Gasteiger charge is -2.25. The summed E-state index contributed by atoms with van der Waals surface area (Å²) in [7, 11) is 0. The van der Waals surface area contributed by atoms with Crippen molar-refractivity contribution in [2.45, 2.75) is 33.4 Å². The van der Waals surface area contributed by atoms with Gasteiger partial charge in [0, 0.05) is 16.3 Å². The maximum absolute atomic E-state index is 14.2. The first kappa shape index (κ1) is 32.8. The zero-order valence-corrected chi connectivity index (χ0v) is 28.3. The van der Waals surface area contributed by atoms with Gasteiger partial charge in [0.15, 0.2) is 16.3 Å². The van der Waals surface area contributed by atoms with Gasteiger partial charge in [0.25, 0.3) is 11.5 Å². The lowest BCUT2D eigenvalue weighted by molar-refractivity contribution is -0.113. The van der Waals surface area contributed by atoms with Gasteiger partial charge in [0.05, 0.1) is 35.1 Å². The number of amides is 1. The van der Waals surface area contributed by atoms with Gasteiger partial charge in [-0.2, -0.15) is 0 Å². The number of thiazole rings is 1. The Balaban J connectivity index is 1.39.